The molecule has 0 bridgehead atoms. The Kier molecular flexibility index (Phi) is 5.91. The zero-order valence-corrected chi connectivity index (χ0v) is 16.2. The summed E-state index contributed by atoms with van der Waals surface area (Å²) in [7, 11) is 0. The summed E-state index contributed by atoms with van der Waals surface area (Å²) in [5.74, 6) is 0.174. The van der Waals surface area contributed by atoms with E-state index in [0.717, 1.165) is 11.3 Å². The van der Waals surface area contributed by atoms with Crippen molar-refractivity contribution in [3.63, 3.8) is 0 Å². The molecule has 0 fully saturated rings. The Morgan fingerprint density at radius 3 is 2.46 bits per heavy atom. The molecule has 0 aliphatic heterocycles. The third-order valence-electron chi connectivity index (χ3n) is 3.93. The average Bonchev–Trinajstić information content (AvgIpc) is 2.65. The topological polar surface area (TPSA) is 83.1 Å². The number of aryl methyl sites for hydroxylation is 1. The number of amides is 2. The Morgan fingerprint density at radius 1 is 0.964 bits per heavy atom. The monoisotopic (exact) mass is 394 g/mol. The smallest absolute Gasteiger partial charge is 0.257 e. The molecule has 2 amide bonds. The molecule has 3 N–H and O–H groups in total. The van der Waals surface area contributed by atoms with Gasteiger partial charge in [0.05, 0.1) is 5.56 Å². The number of nitrogens with zero attached hydrogens (tertiary/aromatic N) is 1. The second kappa shape index (κ2) is 8.54. The standard InChI is InChI=1S/C21H19ClN4O2/c1-13-6-8-16(22)10-19(13)26-21(28)15-7-9-20(23-12-15)25-18-5-3-4-17(11-18)24-14(2)27/h3-12H,1-2H3,(H,23,25)(H,24,27)(H,26,28). The molecule has 0 saturated heterocycles. The summed E-state index contributed by atoms with van der Waals surface area (Å²) in [4.78, 5) is 27.9. The summed E-state index contributed by atoms with van der Waals surface area (Å²) in [6.07, 6.45) is 1.50. The van der Waals surface area contributed by atoms with Gasteiger partial charge in [-0.1, -0.05) is 23.7 Å². The van der Waals surface area contributed by atoms with Crippen LogP contribution in [0.2, 0.25) is 5.02 Å². The molecule has 3 rings (SSSR count). The summed E-state index contributed by atoms with van der Waals surface area (Å²) < 4.78 is 0. The highest BCUT2D eigenvalue weighted by Gasteiger charge is 2.09. The van der Waals surface area contributed by atoms with Crippen molar-refractivity contribution in [1.82, 2.24) is 4.98 Å². The maximum Gasteiger partial charge on any atom is 0.257 e. The van der Waals surface area contributed by atoms with Crippen LogP contribution in [0.4, 0.5) is 22.9 Å². The van der Waals surface area contributed by atoms with Gasteiger partial charge in [-0.05, 0) is 55.0 Å². The molecule has 0 radical (unpaired) electrons. The van der Waals surface area contributed by atoms with Crippen LogP contribution >= 0.6 is 11.6 Å². The molecule has 1 heterocycles. The summed E-state index contributed by atoms with van der Waals surface area (Å²) >= 11 is 5.99. The van der Waals surface area contributed by atoms with Crippen LogP contribution in [0.3, 0.4) is 0 Å². The molecule has 3 aromatic rings. The second-order valence-corrected chi connectivity index (χ2v) is 6.67. The Labute approximate surface area is 168 Å². The van der Waals surface area contributed by atoms with Crippen LogP contribution in [0.15, 0.2) is 60.8 Å². The molecule has 0 atom stereocenters. The number of pyridine rings is 1. The third-order valence-corrected chi connectivity index (χ3v) is 4.16. The van der Waals surface area contributed by atoms with Crippen LogP contribution in [-0.4, -0.2) is 16.8 Å². The first-order valence-corrected chi connectivity index (χ1v) is 8.97. The van der Waals surface area contributed by atoms with Crippen molar-refractivity contribution in [2.45, 2.75) is 13.8 Å². The molecule has 0 aliphatic rings. The molecular formula is C21H19ClN4O2. The minimum absolute atomic E-state index is 0.138. The van der Waals surface area contributed by atoms with Gasteiger partial charge in [-0.3, -0.25) is 9.59 Å². The maximum absolute atomic E-state index is 12.4. The van der Waals surface area contributed by atoms with Crippen molar-refractivity contribution in [2.24, 2.45) is 0 Å². The molecule has 142 valence electrons. The summed E-state index contributed by atoms with van der Waals surface area (Å²) in [5, 5.41) is 9.26. The van der Waals surface area contributed by atoms with Crippen LogP contribution in [-0.2, 0) is 4.79 Å². The zero-order valence-electron chi connectivity index (χ0n) is 15.4. The average molecular weight is 395 g/mol. The van der Waals surface area contributed by atoms with E-state index in [9.17, 15) is 9.59 Å². The fourth-order valence-electron chi connectivity index (χ4n) is 2.55. The molecule has 0 aliphatic carbocycles. The predicted molar refractivity (Wildman–Crippen MR) is 112 cm³/mol. The lowest BCUT2D eigenvalue weighted by Gasteiger charge is -2.10. The highest BCUT2D eigenvalue weighted by molar-refractivity contribution is 6.31. The van der Waals surface area contributed by atoms with E-state index in [1.807, 2.05) is 25.1 Å². The fourth-order valence-corrected chi connectivity index (χ4v) is 2.72. The largest absolute Gasteiger partial charge is 0.340 e. The zero-order chi connectivity index (χ0) is 20.1. The Bertz CT molecular complexity index is 1020. The Morgan fingerprint density at radius 2 is 1.75 bits per heavy atom. The van der Waals surface area contributed by atoms with Gasteiger partial charge in [0.1, 0.15) is 5.82 Å². The van der Waals surface area contributed by atoms with E-state index < -0.39 is 0 Å². The molecule has 2 aromatic carbocycles. The van der Waals surface area contributed by atoms with E-state index in [1.165, 1.54) is 13.1 Å². The van der Waals surface area contributed by atoms with E-state index in [1.54, 1.807) is 36.4 Å². The Hall–Kier alpha value is -3.38. The first kappa shape index (κ1) is 19.4. The van der Waals surface area contributed by atoms with Crippen LogP contribution in [0.1, 0.15) is 22.8 Å². The molecule has 7 heteroatoms. The molecule has 0 saturated carbocycles. The van der Waals surface area contributed by atoms with E-state index in [2.05, 4.69) is 20.9 Å². The molecule has 1 aromatic heterocycles. The van der Waals surface area contributed by atoms with Crippen molar-refractivity contribution >= 4 is 46.3 Å². The van der Waals surface area contributed by atoms with Crippen molar-refractivity contribution in [2.75, 3.05) is 16.0 Å². The van der Waals surface area contributed by atoms with Gasteiger partial charge in [0.15, 0.2) is 0 Å². The minimum Gasteiger partial charge on any atom is -0.340 e. The van der Waals surface area contributed by atoms with Gasteiger partial charge >= 0.3 is 0 Å². The highest BCUT2D eigenvalue weighted by Crippen LogP contribution is 2.22. The molecule has 28 heavy (non-hydrogen) atoms. The van der Waals surface area contributed by atoms with Crippen LogP contribution in [0, 0.1) is 6.92 Å². The van der Waals surface area contributed by atoms with Gasteiger partial charge in [0.2, 0.25) is 5.91 Å². The number of aromatic nitrogens is 1. The SMILES string of the molecule is CC(=O)Nc1cccc(Nc2ccc(C(=O)Nc3cc(Cl)ccc3C)cn2)c1. The lowest BCUT2D eigenvalue weighted by atomic mass is 10.2. The summed E-state index contributed by atoms with van der Waals surface area (Å²) in [5.41, 5.74) is 3.46. The third kappa shape index (κ3) is 5.08. The molecule has 0 unspecified atom stereocenters. The normalized spacial score (nSPS) is 10.2. The fraction of sp³-hybridized carbons (Fsp3) is 0.0952. The number of hydrogen-bond donors (Lipinski definition) is 3. The first-order chi connectivity index (χ1) is 13.4. The van der Waals surface area contributed by atoms with E-state index in [-0.39, 0.29) is 11.8 Å². The van der Waals surface area contributed by atoms with Gasteiger partial charge in [-0.25, -0.2) is 4.98 Å². The van der Waals surface area contributed by atoms with Gasteiger partial charge in [-0.15, -0.1) is 0 Å². The van der Waals surface area contributed by atoms with Crippen molar-refractivity contribution in [3.8, 4) is 0 Å². The van der Waals surface area contributed by atoms with Gasteiger partial charge in [0, 0.05) is 35.2 Å². The van der Waals surface area contributed by atoms with Crippen molar-refractivity contribution < 1.29 is 9.59 Å². The van der Waals surface area contributed by atoms with Crippen molar-refractivity contribution in [3.05, 3.63) is 76.9 Å². The van der Waals surface area contributed by atoms with Crippen LogP contribution in [0.5, 0.6) is 0 Å². The van der Waals surface area contributed by atoms with E-state index in [4.69, 9.17) is 11.6 Å². The number of anilines is 4. The number of carbonyl (C=O) groups is 2. The Balaban J connectivity index is 1.68. The predicted octanol–water partition coefficient (Wildman–Crippen LogP) is 5.00. The van der Waals surface area contributed by atoms with E-state index >= 15 is 0 Å². The van der Waals surface area contributed by atoms with Gasteiger partial charge in [-0.2, -0.15) is 0 Å². The number of benzene rings is 2. The first-order valence-electron chi connectivity index (χ1n) is 8.59. The maximum atomic E-state index is 12.4. The molecular weight excluding hydrogens is 376 g/mol. The van der Waals surface area contributed by atoms with Gasteiger partial charge < -0.3 is 16.0 Å². The quantitative estimate of drug-likeness (QED) is 0.568. The molecule has 6 nitrogen and oxygen atoms in total. The summed E-state index contributed by atoms with van der Waals surface area (Å²) in [6, 6.07) is 16.0. The minimum atomic E-state index is -0.267. The second-order valence-electron chi connectivity index (χ2n) is 6.23. The van der Waals surface area contributed by atoms with Crippen LogP contribution < -0.4 is 16.0 Å². The van der Waals surface area contributed by atoms with Crippen molar-refractivity contribution in [1.29, 1.82) is 0 Å². The van der Waals surface area contributed by atoms with Crippen LogP contribution in [0.25, 0.3) is 0 Å². The van der Waals surface area contributed by atoms with Gasteiger partial charge in [0.25, 0.3) is 5.91 Å². The number of nitrogens with one attached hydrogen (secondary N) is 3. The lowest BCUT2D eigenvalue weighted by molar-refractivity contribution is -0.114. The highest BCUT2D eigenvalue weighted by atomic mass is 35.5. The summed E-state index contributed by atoms with van der Waals surface area (Å²) in [6.45, 7) is 3.35. The molecule has 0 spiro atoms. The van der Waals surface area contributed by atoms with E-state index in [0.29, 0.717) is 27.8 Å². The lowest BCUT2D eigenvalue weighted by Crippen LogP contribution is -2.13. The number of rotatable bonds is 5. The number of hydrogen-bond acceptors (Lipinski definition) is 4. The number of halogens is 1. The number of carbonyl (C=O) groups excluding carboxylic acids is 2.